The number of fused-ring (bicyclic) bond motifs is 1. The summed E-state index contributed by atoms with van der Waals surface area (Å²) in [6.07, 6.45) is 0.113. The molecule has 0 fully saturated rings. The van der Waals surface area contributed by atoms with Gasteiger partial charge in [0.2, 0.25) is 23.6 Å². The van der Waals surface area contributed by atoms with E-state index in [-0.39, 0.29) is 19.3 Å². The third kappa shape index (κ3) is 7.78. The summed E-state index contributed by atoms with van der Waals surface area (Å²) in [7, 11) is 0. The van der Waals surface area contributed by atoms with Crippen molar-refractivity contribution in [3.63, 3.8) is 0 Å². The summed E-state index contributed by atoms with van der Waals surface area (Å²) >= 11 is 0. The number of carboxylic acids is 1. The number of H-pyrrole nitrogens is 1. The topological polar surface area (TPSA) is 230 Å². The molecule has 0 bridgehead atoms. The SMILES string of the molecule is CC(NC(=O)C(N)CCC(N)=O)C(=O)NC(C(=O)NC(Cc1c[nH]c2ccccc12)C(=O)O)C(C)O. The number of aliphatic hydroxyl groups is 1. The highest BCUT2D eigenvalue weighted by Crippen LogP contribution is 2.19. The number of para-hydroxylation sites is 1. The molecule has 1 heterocycles. The van der Waals surface area contributed by atoms with Crippen LogP contribution in [-0.4, -0.2) is 75.1 Å². The molecule has 0 aliphatic heterocycles. The van der Waals surface area contributed by atoms with E-state index >= 15 is 0 Å². The molecule has 0 aliphatic rings. The Morgan fingerprint density at radius 2 is 1.67 bits per heavy atom. The van der Waals surface area contributed by atoms with Crippen molar-refractivity contribution in [2.24, 2.45) is 11.5 Å². The molecule has 0 spiro atoms. The number of nitrogens with two attached hydrogens (primary N) is 2. The number of carbonyl (C=O) groups excluding carboxylic acids is 4. The molecule has 10 N–H and O–H groups in total. The van der Waals surface area contributed by atoms with Gasteiger partial charge in [-0.15, -0.1) is 0 Å². The van der Waals surface area contributed by atoms with Gasteiger partial charge in [0.25, 0.3) is 0 Å². The fourth-order valence-corrected chi connectivity index (χ4v) is 3.48. The van der Waals surface area contributed by atoms with E-state index in [1.165, 1.54) is 13.8 Å². The molecule has 13 nitrogen and oxygen atoms in total. The Morgan fingerprint density at radius 1 is 1.00 bits per heavy atom. The summed E-state index contributed by atoms with van der Waals surface area (Å²) < 4.78 is 0. The standard InChI is InChI=1S/C23H32N6O7/c1-11(27-21(33)15(24)7-8-18(25)31)20(32)29-19(12(2)30)22(34)28-17(23(35)36)9-13-10-26-16-6-4-3-5-14(13)16/h3-6,10-12,15,17,19,26,30H,7-9,24H2,1-2H3,(H2,25,31)(H,27,33)(H,28,34)(H,29,32)(H,35,36). The normalized spacial score (nSPS) is 15.2. The lowest BCUT2D eigenvalue weighted by Crippen LogP contribution is -2.59. The van der Waals surface area contributed by atoms with Crippen molar-refractivity contribution in [3.8, 4) is 0 Å². The Bertz CT molecular complexity index is 1120. The lowest BCUT2D eigenvalue weighted by molar-refractivity contribution is -0.143. The molecular weight excluding hydrogens is 472 g/mol. The smallest absolute Gasteiger partial charge is 0.326 e. The molecule has 2 rings (SSSR count). The van der Waals surface area contributed by atoms with Crippen LogP contribution in [0.2, 0.25) is 0 Å². The largest absolute Gasteiger partial charge is 0.480 e. The molecule has 0 saturated carbocycles. The minimum atomic E-state index is -1.50. The summed E-state index contributed by atoms with van der Waals surface area (Å²) in [4.78, 5) is 63.2. The van der Waals surface area contributed by atoms with E-state index < -0.39 is 59.9 Å². The van der Waals surface area contributed by atoms with Gasteiger partial charge < -0.3 is 42.6 Å². The van der Waals surface area contributed by atoms with Gasteiger partial charge in [-0.25, -0.2) is 4.79 Å². The number of nitrogens with one attached hydrogen (secondary N) is 4. The van der Waals surface area contributed by atoms with Crippen LogP contribution in [0, 0.1) is 0 Å². The van der Waals surface area contributed by atoms with Gasteiger partial charge in [-0.3, -0.25) is 19.2 Å². The number of hydrogen-bond acceptors (Lipinski definition) is 7. The molecule has 5 unspecified atom stereocenters. The Balaban J connectivity index is 2.02. The van der Waals surface area contributed by atoms with Crippen molar-refractivity contribution in [1.82, 2.24) is 20.9 Å². The molecule has 1 aromatic heterocycles. The van der Waals surface area contributed by atoms with Crippen LogP contribution in [0.4, 0.5) is 0 Å². The molecule has 13 heteroatoms. The van der Waals surface area contributed by atoms with Gasteiger partial charge in [0.15, 0.2) is 0 Å². The molecular formula is C23H32N6O7. The quantitative estimate of drug-likeness (QED) is 0.155. The highest BCUT2D eigenvalue weighted by molar-refractivity contribution is 5.94. The Morgan fingerprint density at radius 3 is 2.28 bits per heavy atom. The van der Waals surface area contributed by atoms with E-state index in [2.05, 4.69) is 20.9 Å². The van der Waals surface area contributed by atoms with Crippen molar-refractivity contribution in [2.45, 2.75) is 63.4 Å². The van der Waals surface area contributed by atoms with Crippen molar-refractivity contribution >= 4 is 40.5 Å². The average molecular weight is 505 g/mol. The molecule has 4 amide bonds. The first-order valence-corrected chi connectivity index (χ1v) is 11.3. The predicted molar refractivity (Wildman–Crippen MR) is 129 cm³/mol. The van der Waals surface area contributed by atoms with E-state index in [0.717, 1.165) is 10.9 Å². The van der Waals surface area contributed by atoms with E-state index in [0.29, 0.717) is 5.56 Å². The van der Waals surface area contributed by atoms with E-state index in [9.17, 15) is 34.2 Å². The van der Waals surface area contributed by atoms with Gasteiger partial charge in [0.1, 0.15) is 18.1 Å². The zero-order valence-electron chi connectivity index (χ0n) is 20.0. The molecule has 1 aromatic carbocycles. The summed E-state index contributed by atoms with van der Waals surface area (Å²) in [5.41, 5.74) is 12.2. The molecule has 0 radical (unpaired) electrons. The van der Waals surface area contributed by atoms with Gasteiger partial charge in [0, 0.05) is 29.9 Å². The van der Waals surface area contributed by atoms with Crippen molar-refractivity contribution in [1.29, 1.82) is 0 Å². The number of amides is 4. The maximum absolute atomic E-state index is 12.8. The Hall–Kier alpha value is -3.97. The van der Waals surface area contributed by atoms with Gasteiger partial charge in [-0.05, 0) is 31.9 Å². The van der Waals surface area contributed by atoms with Crippen LogP contribution in [0.15, 0.2) is 30.5 Å². The number of benzene rings is 1. The molecule has 196 valence electrons. The highest BCUT2D eigenvalue weighted by Gasteiger charge is 2.32. The van der Waals surface area contributed by atoms with Crippen LogP contribution >= 0.6 is 0 Å². The van der Waals surface area contributed by atoms with E-state index in [1.54, 1.807) is 12.3 Å². The lowest BCUT2D eigenvalue weighted by Gasteiger charge is -2.25. The maximum atomic E-state index is 12.8. The number of aliphatic carboxylic acids is 1. The second-order valence-electron chi connectivity index (χ2n) is 8.53. The van der Waals surface area contributed by atoms with Gasteiger partial charge >= 0.3 is 5.97 Å². The van der Waals surface area contributed by atoms with Crippen LogP contribution in [0.3, 0.4) is 0 Å². The summed E-state index contributed by atoms with van der Waals surface area (Å²) in [6, 6.07) is 2.22. The number of aliphatic hydroxyl groups excluding tert-OH is 1. The number of primary amides is 1. The van der Waals surface area contributed by atoms with Crippen molar-refractivity contribution in [3.05, 3.63) is 36.0 Å². The second kappa shape index (κ2) is 12.7. The van der Waals surface area contributed by atoms with E-state index in [4.69, 9.17) is 11.5 Å². The van der Waals surface area contributed by atoms with Gasteiger partial charge in [0.05, 0.1) is 12.1 Å². The molecule has 0 aliphatic carbocycles. The monoisotopic (exact) mass is 504 g/mol. The summed E-state index contributed by atoms with van der Waals surface area (Å²) in [5.74, 6) is -4.35. The fraction of sp³-hybridized carbons (Fsp3) is 0.435. The number of aromatic nitrogens is 1. The third-order valence-electron chi connectivity index (χ3n) is 5.57. The number of hydrogen-bond donors (Lipinski definition) is 8. The van der Waals surface area contributed by atoms with Crippen molar-refractivity contribution < 1.29 is 34.2 Å². The highest BCUT2D eigenvalue weighted by atomic mass is 16.4. The van der Waals surface area contributed by atoms with Crippen LogP contribution < -0.4 is 27.4 Å². The zero-order valence-corrected chi connectivity index (χ0v) is 20.0. The lowest BCUT2D eigenvalue weighted by atomic mass is 10.0. The molecule has 2 aromatic rings. The number of carbonyl (C=O) groups is 5. The second-order valence-corrected chi connectivity index (χ2v) is 8.53. The molecule has 0 saturated heterocycles. The first-order valence-electron chi connectivity index (χ1n) is 11.3. The number of aromatic amines is 1. The Labute approximate surface area is 207 Å². The van der Waals surface area contributed by atoms with Crippen LogP contribution in [0.1, 0.15) is 32.3 Å². The van der Waals surface area contributed by atoms with Crippen LogP contribution in [-0.2, 0) is 30.4 Å². The predicted octanol–water partition coefficient (Wildman–Crippen LogP) is -1.76. The van der Waals surface area contributed by atoms with Crippen molar-refractivity contribution in [2.75, 3.05) is 0 Å². The van der Waals surface area contributed by atoms with Crippen LogP contribution in [0.5, 0.6) is 0 Å². The summed E-state index contributed by atoms with van der Waals surface area (Å²) in [6.45, 7) is 2.59. The summed E-state index contributed by atoms with van der Waals surface area (Å²) in [5, 5.41) is 27.5. The first kappa shape index (κ1) is 28.3. The zero-order chi connectivity index (χ0) is 27.0. The van der Waals surface area contributed by atoms with Gasteiger partial charge in [-0.1, -0.05) is 18.2 Å². The maximum Gasteiger partial charge on any atom is 0.326 e. The number of rotatable bonds is 13. The Kier molecular flexibility index (Phi) is 9.93. The molecule has 36 heavy (non-hydrogen) atoms. The number of carboxylic acid groups (broad SMARTS) is 1. The first-order chi connectivity index (χ1) is 16.9. The minimum Gasteiger partial charge on any atom is -0.480 e. The minimum absolute atomic E-state index is 0.0127. The van der Waals surface area contributed by atoms with Gasteiger partial charge in [-0.2, -0.15) is 0 Å². The third-order valence-corrected chi connectivity index (χ3v) is 5.57. The average Bonchev–Trinajstić information content (AvgIpc) is 3.22. The van der Waals surface area contributed by atoms with Crippen LogP contribution in [0.25, 0.3) is 10.9 Å². The van der Waals surface area contributed by atoms with E-state index in [1.807, 2.05) is 18.2 Å². The fourth-order valence-electron chi connectivity index (χ4n) is 3.48. The molecule has 5 atom stereocenters.